The van der Waals surface area contributed by atoms with Gasteiger partial charge in [0.1, 0.15) is 22.8 Å². The Balaban J connectivity index is 1.74. The number of hydrogen-bond acceptors (Lipinski definition) is 9. The molecule has 0 saturated heterocycles. The van der Waals surface area contributed by atoms with Crippen LogP contribution in [0, 0.1) is 15.4 Å². The first kappa shape index (κ1) is 26.2. The Labute approximate surface area is 231 Å². The molecule has 3 aliphatic carbocycles. The number of hydrogen-bond donors (Lipinski definition) is 6. The molecule has 1 saturated carbocycles. The second kappa shape index (κ2) is 8.82. The van der Waals surface area contributed by atoms with Crippen LogP contribution < -0.4 is 11.5 Å². The van der Waals surface area contributed by atoms with E-state index in [1.54, 1.807) is 26.2 Å². The summed E-state index contributed by atoms with van der Waals surface area (Å²) < 4.78 is 0.862. The van der Waals surface area contributed by atoms with Gasteiger partial charge in [-0.1, -0.05) is 12.1 Å². The molecular formula is C27H26IN3O7. The number of aliphatic hydroxyl groups is 3. The van der Waals surface area contributed by atoms with Gasteiger partial charge in [0, 0.05) is 20.7 Å². The molecule has 0 aliphatic heterocycles. The van der Waals surface area contributed by atoms with Crippen LogP contribution >= 0.6 is 22.6 Å². The summed E-state index contributed by atoms with van der Waals surface area (Å²) in [4.78, 5) is 40.6. The maximum atomic E-state index is 13.9. The minimum absolute atomic E-state index is 0.0235. The maximum Gasteiger partial charge on any atom is 0.255 e. The van der Waals surface area contributed by atoms with Crippen molar-refractivity contribution in [2.75, 3.05) is 19.8 Å². The van der Waals surface area contributed by atoms with Gasteiger partial charge >= 0.3 is 0 Å². The summed E-state index contributed by atoms with van der Waals surface area (Å²) in [6.45, 7) is 0. The number of aromatic hydroxyl groups is 1. The van der Waals surface area contributed by atoms with Crippen molar-refractivity contribution in [1.82, 2.24) is 4.90 Å². The van der Waals surface area contributed by atoms with Crippen LogP contribution in [0.4, 0.5) is 5.69 Å². The molecule has 2 aromatic carbocycles. The molecule has 1 amide bonds. The first-order valence-electron chi connectivity index (χ1n) is 11.9. The standard InChI is InChI=1S/C27H26IN3O7/c1-31(2)21-14-8-11-7-13-12(10-3-5-15(28)16(29)9-10)4-6-17(32)19(13)22(33)18(11)24(35)27(14,38)25(36)20(23(21)34)26(30)37/h3-6,9,11,14,21,32-33,36,38H,7-8,29H2,1-2H3,(H2,30,37)/t11-,14-,21-,27-/m0/s1. The lowest BCUT2D eigenvalue weighted by molar-refractivity contribution is -0.153. The Kier molecular flexibility index (Phi) is 6.08. The van der Waals surface area contributed by atoms with Crippen LogP contribution in [0.25, 0.3) is 16.9 Å². The number of Topliss-reactive ketones (excluding diaryl/α,β-unsaturated/α-hetero) is 2. The van der Waals surface area contributed by atoms with Gasteiger partial charge in [0.15, 0.2) is 11.4 Å². The second-order valence-electron chi connectivity index (χ2n) is 10.2. The number of nitrogens with two attached hydrogens (primary N) is 2. The highest BCUT2D eigenvalue weighted by Crippen LogP contribution is 2.53. The molecule has 198 valence electrons. The number of carbonyl (C=O) groups is 3. The molecule has 38 heavy (non-hydrogen) atoms. The predicted octanol–water partition coefficient (Wildman–Crippen LogP) is 1.82. The molecule has 0 spiro atoms. The number of nitrogens with zero attached hydrogens (tertiary/aromatic N) is 1. The maximum absolute atomic E-state index is 13.9. The average molecular weight is 631 g/mol. The highest BCUT2D eigenvalue weighted by Gasteiger charge is 2.64. The van der Waals surface area contributed by atoms with E-state index in [9.17, 15) is 34.8 Å². The van der Waals surface area contributed by atoms with Crippen molar-refractivity contribution < 1.29 is 34.8 Å². The molecule has 0 aromatic heterocycles. The molecule has 2 aromatic rings. The van der Waals surface area contributed by atoms with Gasteiger partial charge in [0.05, 0.1) is 11.6 Å². The summed E-state index contributed by atoms with van der Waals surface area (Å²) in [6, 6.07) is 7.46. The lowest BCUT2D eigenvalue weighted by Gasteiger charge is -2.50. The summed E-state index contributed by atoms with van der Waals surface area (Å²) in [7, 11) is 3.12. The lowest BCUT2D eigenvalue weighted by Crippen LogP contribution is -2.65. The van der Waals surface area contributed by atoms with E-state index < -0.39 is 58.0 Å². The molecule has 1 fully saturated rings. The molecule has 0 unspecified atom stereocenters. The number of phenols is 1. The molecule has 0 bridgehead atoms. The zero-order valence-electron chi connectivity index (χ0n) is 20.5. The number of nitrogen functional groups attached to an aromatic ring is 1. The second-order valence-corrected chi connectivity index (χ2v) is 11.3. The molecule has 3 aliphatic rings. The Morgan fingerprint density at radius 3 is 2.42 bits per heavy atom. The molecule has 10 nitrogen and oxygen atoms in total. The molecule has 0 radical (unpaired) electrons. The van der Waals surface area contributed by atoms with E-state index in [-0.39, 0.29) is 29.7 Å². The first-order chi connectivity index (χ1) is 17.8. The number of carbonyl (C=O) groups excluding carboxylic acids is 3. The number of anilines is 1. The van der Waals surface area contributed by atoms with E-state index >= 15 is 0 Å². The number of benzene rings is 2. The van der Waals surface area contributed by atoms with Crippen molar-refractivity contribution >= 4 is 51.5 Å². The van der Waals surface area contributed by atoms with Crippen molar-refractivity contribution in [3.05, 3.63) is 61.9 Å². The van der Waals surface area contributed by atoms with Gasteiger partial charge in [-0.25, -0.2) is 0 Å². The number of primary amides is 1. The number of likely N-dealkylation sites (N-methyl/N-ethyl adjacent to an activating group) is 1. The minimum Gasteiger partial charge on any atom is -0.508 e. The van der Waals surface area contributed by atoms with Gasteiger partial charge in [-0.05, 0) is 90.3 Å². The van der Waals surface area contributed by atoms with Crippen LogP contribution in [0.3, 0.4) is 0 Å². The Morgan fingerprint density at radius 2 is 1.82 bits per heavy atom. The quantitative estimate of drug-likeness (QED) is 0.167. The van der Waals surface area contributed by atoms with E-state index in [4.69, 9.17) is 11.5 Å². The first-order valence-corrected chi connectivity index (χ1v) is 12.9. The number of amides is 1. The van der Waals surface area contributed by atoms with Crippen molar-refractivity contribution in [1.29, 1.82) is 0 Å². The third-order valence-corrected chi connectivity index (χ3v) is 8.89. The largest absolute Gasteiger partial charge is 0.508 e. The molecule has 11 heteroatoms. The Morgan fingerprint density at radius 1 is 1.13 bits per heavy atom. The van der Waals surface area contributed by atoms with Gasteiger partial charge in [-0.15, -0.1) is 0 Å². The fourth-order valence-corrected chi connectivity index (χ4v) is 6.56. The van der Waals surface area contributed by atoms with Crippen LogP contribution in [0.15, 0.2) is 47.2 Å². The molecule has 5 rings (SSSR count). The minimum atomic E-state index is -2.66. The average Bonchev–Trinajstić information content (AvgIpc) is 2.83. The SMILES string of the molecule is CN(C)[C@@H]1C(=O)C(C(N)=O)=C(O)[C@@]2(O)C(=O)C3=C(O)c4c(O)ccc(-c5ccc(I)c(N)c5)c4C[C@H]3C[C@@H]12. The zero-order valence-corrected chi connectivity index (χ0v) is 22.7. The van der Waals surface area contributed by atoms with Crippen LogP contribution in [-0.2, 0) is 20.8 Å². The van der Waals surface area contributed by atoms with Gasteiger partial charge in [-0.3, -0.25) is 19.3 Å². The molecule has 8 N–H and O–H groups in total. The number of rotatable bonds is 3. The van der Waals surface area contributed by atoms with E-state index in [0.717, 1.165) is 9.13 Å². The molecule has 4 atom stereocenters. The monoisotopic (exact) mass is 631 g/mol. The lowest BCUT2D eigenvalue weighted by atomic mass is 9.57. The van der Waals surface area contributed by atoms with Crippen LogP contribution in [0.2, 0.25) is 0 Å². The van der Waals surface area contributed by atoms with Crippen LogP contribution in [0.1, 0.15) is 17.5 Å². The summed E-state index contributed by atoms with van der Waals surface area (Å²) >= 11 is 2.12. The number of fused-ring (bicyclic) bond motifs is 3. The van der Waals surface area contributed by atoms with Crippen molar-refractivity contribution in [2.45, 2.75) is 24.5 Å². The number of phenolic OH excluding ortho intramolecular Hbond substituents is 1. The van der Waals surface area contributed by atoms with Gasteiger partial charge < -0.3 is 31.9 Å². The molecule has 0 heterocycles. The summed E-state index contributed by atoms with van der Waals surface area (Å²) in [5.41, 5.74) is 10.4. The normalized spacial score (nSPS) is 26.8. The fraction of sp³-hybridized carbons (Fsp3) is 0.296. The highest BCUT2D eigenvalue weighted by molar-refractivity contribution is 14.1. The highest BCUT2D eigenvalue weighted by atomic mass is 127. The van der Waals surface area contributed by atoms with Gasteiger partial charge in [-0.2, -0.15) is 0 Å². The number of aliphatic hydroxyl groups excluding tert-OH is 2. The van der Waals surface area contributed by atoms with Crippen LogP contribution in [0.5, 0.6) is 5.75 Å². The predicted molar refractivity (Wildman–Crippen MR) is 147 cm³/mol. The van der Waals surface area contributed by atoms with Crippen molar-refractivity contribution in [3.8, 4) is 16.9 Å². The molecular weight excluding hydrogens is 605 g/mol. The summed E-state index contributed by atoms with van der Waals surface area (Å²) in [5, 5.41) is 44.7. The topological polar surface area (TPSA) is 187 Å². The number of ketones is 2. The van der Waals surface area contributed by atoms with Gasteiger partial charge in [0.2, 0.25) is 5.78 Å². The van der Waals surface area contributed by atoms with E-state index in [1.165, 1.54) is 11.0 Å². The Hall–Kier alpha value is -3.42. The summed E-state index contributed by atoms with van der Waals surface area (Å²) in [5.74, 6) is -6.79. The Bertz CT molecular complexity index is 1510. The number of halogens is 1. The third-order valence-electron chi connectivity index (χ3n) is 7.91. The van der Waals surface area contributed by atoms with Gasteiger partial charge in [0.25, 0.3) is 5.91 Å². The van der Waals surface area contributed by atoms with Crippen LogP contribution in [-0.4, -0.2) is 68.5 Å². The van der Waals surface area contributed by atoms with Crippen molar-refractivity contribution in [2.24, 2.45) is 17.6 Å². The van der Waals surface area contributed by atoms with Crippen molar-refractivity contribution in [3.63, 3.8) is 0 Å². The van der Waals surface area contributed by atoms with E-state index in [1.807, 2.05) is 12.1 Å². The fourth-order valence-electron chi connectivity index (χ4n) is 6.23. The van der Waals surface area contributed by atoms with E-state index in [2.05, 4.69) is 22.6 Å². The third kappa shape index (κ3) is 3.48. The summed E-state index contributed by atoms with van der Waals surface area (Å²) in [6.07, 6.45) is 0.222. The smallest absolute Gasteiger partial charge is 0.255 e. The zero-order chi connectivity index (χ0) is 27.8. The van der Waals surface area contributed by atoms with E-state index in [0.29, 0.717) is 16.8 Å².